The average Bonchev–Trinajstić information content (AvgIpc) is 2.10. The Morgan fingerprint density at radius 3 is 2.45 bits per heavy atom. The fourth-order valence-electron chi connectivity index (χ4n) is 1.21. The minimum Gasteiger partial charge on any atom is -0.392 e. The van der Waals surface area contributed by atoms with Crippen LogP contribution in [-0.4, -0.2) is 41.9 Å². The number of hydrogen-bond donors (Lipinski definition) is 1. The van der Waals surface area contributed by atoms with Crippen molar-refractivity contribution in [2.75, 3.05) is 19.6 Å². The molecule has 0 aliphatic carbocycles. The monoisotopic (exact) mass is 169 g/mol. The summed E-state index contributed by atoms with van der Waals surface area (Å²) in [6.07, 6.45) is -4.25. The highest BCUT2D eigenvalue weighted by Crippen LogP contribution is 2.19. The predicted molar refractivity (Wildman–Crippen MR) is 33.1 cm³/mol. The van der Waals surface area contributed by atoms with Crippen LogP contribution < -0.4 is 0 Å². The molecule has 2 nitrogen and oxygen atoms in total. The predicted octanol–water partition coefficient (Wildman–Crippen LogP) is 0.615. The van der Waals surface area contributed by atoms with Crippen LogP contribution in [0.15, 0.2) is 0 Å². The van der Waals surface area contributed by atoms with Crippen molar-refractivity contribution in [1.82, 2.24) is 4.90 Å². The maximum Gasteiger partial charge on any atom is 0.401 e. The van der Waals surface area contributed by atoms with E-state index in [0.717, 1.165) is 0 Å². The number of nitrogens with zero attached hydrogens (tertiary/aromatic N) is 1. The van der Waals surface area contributed by atoms with Crippen LogP contribution in [0.5, 0.6) is 0 Å². The Bertz CT molecular complexity index is 136. The average molecular weight is 169 g/mol. The molecule has 0 aromatic carbocycles. The SMILES string of the molecule is OC1CCN(CC(F)(F)F)C1. The van der Waals surface area contributed by atoms with E-state index in [-0.39, 0.29) is 6.54 Å². The summed E-state index contributed by atoms with van der Waals surface area (Å²) in [5.41, 5.74) is 0. The van der Waals surface area contributed by atoms with Crippen LogP contribution in [0.2, 0.25) is 0 Å². The summed E-state index contributed by atoms with van der Waals surface area (Å²) in [7, 11) is 0. The van der Waals surface area contributed by atoms with Crippen molar-refractivity contribution in [2.45, 2.75) is 18.7 Å². The van der Waals surface area contributed by atoms with Gasteiger partial charge in [-0.3, -0.25) is 4.90 Å². The maximum atomic E-state index is 11.7. The van der Waals surface area contributed by atoms with Gasteiger partial charge in [0.2, 0.25) is 0 Å². The number of likely N-dealkylation sites (tertiary alicyclic amines) is 1. The van der Waals surface area contributed by atoms with Crippen LogP contribution in [0.1, 0.15) is 6.42 Å². The van der Waals surface area contributed by atoms with E-state index in [1.807, 2.05) is 0 Å². The molecule has 5 heteroatoms. The van der Waals surface area contributed by atoms with Crippen molar-refractivity contribution in [3.8, 4) is 0 Å². The molecule has 0 radical (unpaired) electrons. The molecule has 1 aliphatic heterocycles. The summed E-state index contributed by atoms with van der Waals surface area (Å²) in [5, 5.41) is 8.89. The topological polar surface area (TPSA) is 23.5 Å². The number of rotatable bonds is 1. The fraction of sp³-hybridized carbons (Fsp3) is 1.00. The standard InChI is InChI=1S/C6H10F3NO/c7-6(8,9)4-10-2-1-5(11)3-10/h5,11H,1-4H2. The lowest BCUT2D eigenvalue weighted by atomic mass is 10.3. The molecule has 1 saturated heterocycles. The molecule has 1 unspecified atom stereocenters. The normalized spacial score (nSPS) is 27.8. The molecule has 0 amide bonds. The third-order valence-corrected chi connectivity index (χ3v) is 1.65. The van der Waals surface area contributed by atoms with Crippen molar-refractivity contribution >= 4 is 0 Å². The number of β-amino-alcohol motifs (C(OH)–C–C–N with tert-alkyl or cyclic N) is 1. The van der Waals surface area contributed by atoms with Crippen molar-refractivity contribution in [3.63, 3.8) is 0 Å². The number of halogens is 3. The number of hydrogen-bond acceptors (Lipinski definition) is 2. The molecule has 1 fully saturated rings. The molecule has 0 aromatic heterocycles. The zero-order valence-electron chi connectivity index (χ0n) is 5.93. The van der Waals surface area contributed by atoms with E-state index >= 15 is 0 Å². The molecule has 0 saturated carbocycles. The van der Waals surface area contributed by atoms with E-state index in [0.29, 0.717) is 13.0 Å². The van der Waals surface area contributed by atoms with Gasteiger partial charge in [-0.25, -0.2) is 0 Å². The van der Waals surface area contributed by atoms with E-state index < -0.39 is 18.8 Å². The maximum absolute atomic E-state index is 11.7. The molecule has 1 atom stereocenters. The van der Waals surface area contributed by atoms with Gasteiger partial charge in [-0.2, -0.15) is 13.2 Å². The van der Waals surface area contributed by atoms with Gasteiger partial charge in [0.15, 0.2) is 0 Å². The lowest BCUT2D eigenvalue weighted by molar-refractivity contribution is -0.144. The van der Waals surface area contributed by atoms with Crippen LogP contribution in [0.4, 0.5) is 13.2 Å². The van der Waals surface area contributed by atoms with Gasteiger partial charge >= 0.3 is 6.18 Å². The Kier molecular flexibility index (Phi) is 2.39. The highest BCUT2D eigenvalue weighted by atomic mass is 19.4. The molecular formula is C6H10F3NO. The van der Waals surface area contributed by atoms with E-state index in [2.05, 4.69) is 0 Å². The zero-order chi connectivity index (χ0) is 8.48. The van der Waals surface area contributed by atoms with Crippen LogP contribution >= 0.6 is 0 Å². The van der Waals surface area contributed by atoms with E-state index in [1.54, 1.807) is 0 Å². The molecule has 1 heterocycles. The summed E-state index contributed by atoms with van der Waals surface area (Å²) >= 11 is 0. The van der Waals surface area contributed by atoms with Crippen molar-refractivity contribution in [3.05, 3.63) is 0 Å². The molecular weight excluding hydrogens is 159 g/mol. The Balaban J connectivity index is 2.29. The van der Waals surface area contributed by atoms with Gasteiger partial charge in [-0.15, -0.1) is 0 Å². The van der Waals surface area contributed by atoms with Gasteiger partial charge < -0.3 is 5.11 Å². The first-order chi connectivity index (χ1) is 4.97. The van der Waals surface area contributed by atoms with E-state index in [4.69, 9.17) is 5.11 Å². The zero-order valence-corrected chi connectivity index (χ0v) is 5.93. The second kappa shape index (κ2) is 2.98. The Morgan fingerprint density at radius 2 is 2.09 bits per heavy atom. The number of aliphatic hydroxyl groups excluding tert-OH is 1. The summed E-state index contributed by atoms with van der Waals surface area (Å²) in [6.45, 7) is -0.399. The molecule has 1 aliphatic rings. The third-order valence-electron chi connectivity index (χ3n) is 1.65. The second-order valence-electron chi connectivity index (χ2n) is 2.79. The summed E-state index contributed by atoms with van der Waals surface area (Å²) in [4.78, 5) is 1.21. The van der Waals surface area contributed by atoms with Gasteiger partial charge in [0, 0.05) is 13.1 Å². The summed E-state index contributed by atoms with van der Waals surface area (Å²) in [6, 6.07) is 0. The first-order valence-corrected chi connectivity index (χ1v) is 3.44. The van der Waals surface area contributed by atoms with E-state index in [1.165, 1.54) is 4.90 Å². The first kappa shape index (κ1) is 8.80. The van der Waals surface area contributed by atoms with Gasteiger partial charge in [0.25, 0.3) is 0 Å². The molecule has 0 spiro atoms. The minimum absolute atomic E-state index is 0.152. The van der Waals surface area contributed by atoms with Gasteiger partial charge in [-0.05, 0) is 6.42 Å². The van der Waals surface area contributed by atoms with Crippen molar-refractivity contribution < 1.29 is 18.3 Å². The number of alkyl halides is 3. The molecule has 0 aromatic rings. The first-order valence-electron chi connectivity index (χ1n) is 3.44. The minimum atomic E-state index is -4.13. The van der Waals surface area contributed by atoms with Crippen molar-refractivity contribution in [1.29, 1.82) is 0 Å². The van der Waals surface area contributed by atoms with Gasteiger partial charge in [-0.1, -0.05) is 0 Å². The lowest BCUT2D eigenvalue weighted by Crippen LogP contribution is -2.32. The highest BCUT2D eigenvalue weighted by Gasteiger charge is 2.33. The largest absolute Gasteiger partial charge is 0.401 e. The second-order valence-corrected chi connectivity index (χ2v) is 2.79. The lowest BCUT2D eigenvalue weighted by Gasteiger charge is -2.16. The number of aliphatic hydroxyl groups is 1. The summed E-state index contributed by atoms with van der Waals surface area (Å²) in [5.74, 6) is 0. The van der Waals surface area contributed by atoms with Crippen LogP contribution in [0.3, 0.4) is 0 Å². The summed E-state index contributed by atoms with van der Waals surface area (Å²) < 4.78 is 35.1. The Labute approximate surface area is 62.6 Å². The highest BCUT2D eigenvalue weighted by molar-refractivity contribution is 4.75. The molecule has 0 bridgehead atoms. The van der Waals surface area contributed by atoms with Crippen molar-refractivity contribution in [2.24, 2.45) is 0 Å². The molecule has 1 rings (SSSR count). The van der Waals surface area contributed by atoms with Gasteiger partial charge in [0.1, 0.15) is 0 Å². The van der Waals surface area contributed by atoms with E-state index in [9.17, 15) is 13.2 Å². The Hall–Kier alpha value is -0.290. The van der Waals surface area contributed by atoms with Gasteiger partial charge in [0.05, 0.1) is 12.6 Å². The molecule has 11 heavy (non-hydrogen) atoms. The van der Waals surface area contributed by atoms with Crippen LogP contribution in [0, 0.1) is 0 Å². The van der Waals surface area contributed by atoms with Crippen LogP contribution in [0.25, 0.3) is 0 Å². The smallest absolute Gasteiger partial charge is 0.392 e. The fourth-order valence-corrected chi connectivity index (χ4v) is 1.21. The third kappa shape index (κ3) is 3.07. The quantitative estimate of drug-likeness (QED) is 0.621. The molecule has 66 valence electrons. The van der Waals surface area contributed by atoms with Crippen LogP contribution in [-0.2, 0) is 0 Å². The Morgan fingerprint density at radius 1 is 1.45 bits per heavy atom. The molecule has 1 N–H and O–H groups in total.